The Kier molecular flexibility index (Phi) is 6.98. The lowest BCUT2D eigenvalue weighted by Crippen LogP contribution is -2.55. The maximum Gasteiger partial charge on any atom is 0.416 e. The molecule has 4 rings (SSSR count). The second-order valence-corrected chi connectivity index (χ2v) is 9.47. The lowest BCUT2D eigenvalue weighted by molar-refractivity contribution is -0.137. The van der Waals surface area contributed by atoms with Crippen LogP contribution in [0.25, 0.3) is 0 Å². The van der Waals surface area contributed by atoms with Crippen LogP contribution >= 0.6 is 0 Å². The van der Waals surface area contributed by atoms with Crippen LogP contribution in [0.3, 0.4) is 0 Å². The van der Waals surface area contributed by atoms with Gasteiger partial charge in [0.1, 0.15) is 6.04 Å². The first-order chi connectivity index (χ1) is 16.6. The molecule has 0 aromatic heterocycles. The highest BCUT2D eigenvalue weighted by molar-refractivity contribution is 6.22. The maximum atomic E-state index is 13.2. The molecule has 0 saturated carbocycles. The first-order valence-electron chi connectivity index (χ1n) is 11.7. The Morgan fingerprint density at radius 1 is 1.00 bits per heavy atom. The molecule has 35 heavy (non-hydrogen) atoms. The van der Waals surface area contributed by atoms with Crippen molar-refractivity contribution in [2.45, 2.75) is 51.5 Å². The van der Waals surface area contributed by atoms with Gasteiger partial charge in [0, 0.05) is 25.7 Å². The van der Waals surface area contributed by atoms with E-state index in [0.717, 1.165) is 11.0 Å². The highest BCUT2D eigenvalue weighted by atomic mass is 19.4. The molecule has 2 aromatic carbocycles. The molecule has 0 aliphatic carbocycles. The molecule has 186 valence electrons. The molecule has 2 heterocycles. The lowest BCUT2D eigenvalue weighted by atomic mass is 9.99. The van der Waals surface area contributed by atoms with E-state index in [4.69, 9.17) is 0 Å². The predicted molar refractivity (Wildman–Crippen MR) is 123 cm³/mol. The molecule has 1 atom stereocenters. The average molecular weight is 488 g/mol. The van der Waals surface area contributed by atoms with Gasteiger partial charge >= 0.3 is 6.18 Å². The van der Waals surface area contributed by atoms with Crippen LogP contribution in [-0.2, 0) is 17.5 Å². The van der Waals surface area contributed by atoms with Crippen molar-refractivity contribution >= 4 is 17.7 Å². The quantitative estimate of drug-likeness (QED) is 0.623. The fourth-order valence-corrected chi connectivity index (χ4v) is 4.80. The molecule has 0 bridgehead atoms. The molecule has 1 unspecified atom stereocenters. The number of hydrogen-bond donors (Lipinski definition) is 1. The third-order valence-corrected chi connectivity index (χ3v) is 6.60. The number of fused-ring (bicyclic) bond motifs is 1. The number of carbonyl (C=O) groups is 3. The van der Waals surface area contributed by atoms with E-state index in [1.54, 1.807) is 44.2 Å². The number of benzene rings is 2. The minimum atomic E-state index is -4.38. The fraction of sp³-hybridized carbons (Fsp3) is 0.423. The molecule has 2 aliphatic heterocycles. The van der Waals surface area contributed by atoms with Crippen LogP contribution in [0.1, 0.15) is 58.5 Å². The van der Waals surface area contributed by atoms with Gasteiger partial charge in [-0.2, -0.15) is 13.2 Å². The predicted octanol–water partition coefficient (Wildman–Crippen LogP) is 4.11. The van der Waals surface area contributed by atoms with Crippen molar-refractivity contribution in [1.82, 2.24) is 15.1 Å². The number of hydrogen-bond acceptors (Lipinski definition) is 4. The first kappa shape index (κ1) is 24.9. The van der Waals surface area contributed by atoms with E-state index < -0.39 is 29.6 Å². The van der Waals surface area contributed by atoms with Gasteiger partial charge in [-0.1, -0.05) is 44.2 Å². The van der Waals surface area contributed by atoms with Crippen LogP contribution in [0.4, 0.5) is 13.2 Å². The van der Waals surface area contributed by atoms with Gasteiger partial charge in [0.2, 0.25) is 5.91 Å². The Morgan fingerprint density at radius 3 is 2.14 bits per heavy atom. The van der Waals surface area contributed by atoms with Gasteiger partial charge in [-0.3, -0.25) is 24.2 Å². The van der Waals surface area contributed by atoms with E-state index >= 15 is 0 Å². The van der Waals surface area contributed by atoms with Gasteiger partial charge < -0.3 is 5.32 Å². The molecule has 1 saturated heterocycles. The summed E-state index contributed by atoms with van der Waals surface area (Å²) in [5.74, 6) is -1.57. The SMILES string of the molecule is CC(C)C(C(=O)NC1CCN(Cc2cccc(C(F)(F)F)c2)CC1)N1C(=O)c2ccccc2C1=O. The highest BCUT2D eigenvalue weighted by Gasteiger charge is 2.44. The van der Waals surface area contributed by atoms with E-state index in [9.17, 15) is 27.6 Å². The van der Waals surface area contributed by atoms with Crippen molar-refractivity contribution in [3.63, 3.8) is 0 Å². The normalized spacial score (nSPS) is 18.2. The molecule has 0 radical (unpaired) electrons. The molecule has 2 aromatic rings. The van der Waals surface area contributed by atoms with Crippen molar-refractivity contribution in [3.8, 4) is 0 Å². The van der Waals surface area contributed by atoms with E-state index in [2.05, 4.69) is 10.2 Å². The van der Waals surface area contributed by atoms with Crippen LogP contribution in [-0.4, -0.2) is 52.7 Å². The molecule has 3 amide bonds. The molecular weight excluding hydrogens is 459 g/mol. The van der Waals surface area contributed by atoms with Crippen molar-refractivity contribution in [2.75, 3.05) is 13.1 Å². The summed E-state index contributed by atoms with van der Waals surface area (Å²) in [7, 11) is 0. The van der Waals surface area contributed by atoms with Crippen LogP contribution in [0.5, 0.6) is 0 Å². The summed E-state index contributed by atoms with van der Waals surface area (Å²) >= 11 is 0. The summed E-state index contributed by atoms with van der Waals surface area (Å²) < 4.78 is 38.9. The summed E-state index contributed by atoms with van der Waals surface area (Å²) in [5, 5.41) is 3.00. The molecule has 0 spiro atoms. The topological polar surface area (TPSA) is 69.7 Å². The monoisotopic (exact) mass is 487 g/mol. The summed E-state index contributed by atoms with van der Waals surface area (Å²) in [6, 6.07) is 10.8. The smallest absolute Gasteiger partial charge is 0.351 e. The van der Waals surface area contributed by atoms with E-state index in [-0.39, 0.29) is 17.9 Å². The van der Waals surface area contributed by atoms with E-state index in [1.165, 1.54) is 12.1 Å². The Morgan fingerprint density at radius 2 is 1.60 bits per heavy atom. The summed E-state index contributed by atoms with van der Waals surface area (Å²) in [5.41, 5.74) is 0.538. The zero-order chi connectivity index (χ0) is 25.3. The second kappa shape index (κ2) is 9.81. The number of likely N-dealkylation sites (tertiary alicyclic amines) is 1. The van der Waals surface area contributed by atoms with Crippen LogP contribution in [0.15, 0.2) is 48.5 Å². The van der Waals surface area contributed by atoms with Crippen molar-refractivity contribution < 1.29 is 27.6 Å². The highest BCUT2D eigenvalue weighted by Crippen LogP contribution is 2.30. The third kappa shape index (κ3) is 5.24. The fourth-order valence-electron chi connectivity index (χ4n) is 4.80. The zero-order valence-corrected chi connectivity index (χ0v) is 19.6. The number of rotatable bonds is 6. The first-order valence-corrected chi connectivity index (χ1v) is 11.7. The minimum Gasteiger partial charge on any atom is -0.351 e. The Bertz CT molecular complexity index is 1090. The lowest BCUT2D eigenvalue weighted by Gasteiger charge is -2.35. The van der Waals surface area contributed by atoms with Gasteiger partial charge in [0.15, 0.2) is 0 Å². The minimum absolute atomic E-state index is 0.142. The van der Waals surface area contributed by atoms with Crippen molar-refractivity contribution in [1.29, 1.82) is 0 Å². The number of alkyl halides is 3. The van der Waals surface area contributed by atoms with Crippen molar-refractivity contribution in [3.05, 3.63) is 70.8 Å². The summed E-state index contributed by atoms with van der Waals surface area (Å²) in [4.78, 5) is 42.1. The van der Waals surface area contributed by atoms with E-state index in [1.807, 2.05) is 0 Å². The molecule has 1 fully saturated rings. The zero-order valence-electron chi connectivity index (χ0n) is 19.6. The Balaban J connectivity index is 1.36. The number of amides is 3. The average Bonchev–Trinajstić information content (AvgIpc) is 3.05. The number of halogens is 3. The largest absolute Gasteiger partial charge is 0.416 e. The van der Waals surface area contributed by atoms with Crippen LogP contribution in [0.2, 0.25) is 0 Å². The molecule has 6 nitrogen and oxygen atoms in total. The number of nitrogens with one attached hydrogen (secondary N) is 1. The maximum absolute atomic E-state index is 13.2. The number of imide groups is 1. The Hall–Kier alpha value is -3.20. The summed E-state index contributed by atoms with van der Waals surface area (Å²) in [6.45, 7) is 5.21. The molecule has 2 aliphatic rings. The van der Waals surface area contributed by atoms with Gasteiger partial charge in [-0.25, -0.2) is 0 Å². The van der Waals surface area contributed by atoms with Gasteiger partial charge in [0.25, 0.3) is 11.8 Å². The molecule has 1 N–H and O–H groups in total. The number of nitrogens with zero attached hydrogens (tertiary/aromatic N) is 2. The van der Waals surface area contributed by atoms with Crippen LogP contribution in [0, 0.1) is 5.92 Å². The van der Waals surface area contributed by atoms with E-state index in [0.29, 0.717) is 49.2 Å². The van der Waals surface area contributed by atoms with Crippen molar-refractivity contribution in [2.24, 2.45) is 5.92 Å². The number of piperidine rings is 1. The molecular formula is C26H28F3N3O3. The standard InChI is InChI=1S/C26H28F3N3O3/c1-16(2)22(32-24(34)20-8-3-4-9-21(20)25(32)35)23(33)30-19-10-12-31(13-11-19)15-17-6-5-7-18(14-17)26(27,28)29/h3-9,14,16,19,22H,10-13,15H2,1-2H3,(H,30,33). The molecule has 9 heteroatoms. The second-order valence-electron chi connectivity index (χ2n) is 9.47. The third-order valence-electron chi connectivity index (χ3n) is 6.60. The summed E-state index contributed by atoms with van der Waals surface area (Å²) in [6.07, 6.45) is -3.13. The van der Waals surface area contributed by atoms with Gasteiger partial charge in [-0.05, 0) is 42.5 Å². The van der Waals surface area contributed by atoms with Crippen LogP contribution < -0.4 is 5.32 Å². The Labute approximate surface area is 202 Å². The number of carbonyl (C=O) groups excluding carboxylic acids is 3. The van der Waals surface area contributed by atoms with Gasteiger partial charge in [0.05, 0.1) is 16.7 Å². The van der Waals surface area contributed by atoms with Gasteiger partial charge in [-0.15, -0.1) is 0 Å².